The van der Waals surface area contributed by atoms with Crippen LogP contribution >= 0.6 is 0 Å². The van der Waals surface area contributed by atoms with Crippen LogP contribution in [0.4, 0.5) is 18.9 Å². The fraction of sp³-hybridized carbons (Fsp3) is 0.571. The fourth-order valence-electron chi connectivity index (χ4n) is 2.46. The lowest BCUT2D eigenvalue weighted by Crippen LogP contribution is -2.38. The maximum absolute atomic E-state index is 12.5. The summed E-state index contributed by atoms with van der Waals surface area (Å²) in [7, 11) is -2.97. The second-order valence-electron chi connectivity index (χ2n) is 5.10. The van der Waals surface area contributed by atoms with E-state index in [1.807, 2.05) is 0 Å². The molecule has 1 aromatic rings. The molecule has 7 heteroatoms. The first kappa shape index (κ1) is 16.3. The van der Waals surface area contributed by atoms with Crippen molar-refractivity contribution < 1.29 is 17.4 Å². The van der Waals surface area contributed by atoms with E-state index in [9.17, 15) is 17.4 Å². The number of piperidine rings is 1. The van der Waals surface area contributed by atoms with Crippen molar-refractivity contribution in [3.05, 3.63) is 24.3 Å². The third-order valence-electron chi connectivity index (χ3n) is 3.66. The molecule has 1 fully saturated rings. The highest BCUT2D eigenvalue weighted by atomic mass is 32.2. The van der Waals surface area contributed by atoms with Gasteiger partial charge in [-0.2, -0.15) is 13.2 Å². The summed E-state index contributed by atoms with van der Waals surface area (Å²) in [5.41, 5.74) is -4.12. The minimum atomic E-state index is -4.72. The molecule has 1 atom stereocenters. The Morgan fingerprint density at radius 3 is 2.57 bits per heavy atom. The number of nitrogens with one attached hydrogen (secondary N) is 1. The van der Waals surface area contributed by atoms with Crippen LogP contribution in [0.15, 0.2) is 29.2 Å². The van der Waals surface area contributed by atoms with E-state index in [0.717, 1.165) is 32.5 Å². The van der Waals surface area contributed by atoms with Crippen LogP contribution in [0.3, 0.4) is 0 Å². The Bertz CT molecular complexity index is 499. The Morgan fingerprint density at radius 1 is 1.33 bits per heavy atom. The number of rotatable bonds is 4. The number of halogens is 3. The molecular weight excluding hydrogens is 301 g/mol. The van der Waals surface area contributed by atoms with Crippen LogP contribution in [0.5, 0.6) is 0 Å². The smallest absolute Gasteiger partial charge is 0.382 e. The first-order valence-corrected chi connectivity index (χ1v) is 8.12. The van der Waals surface area contributed by atoms with Crippen molar-refractivity contribution in [1.82, 2.24) is 4.90 Å². The van der Waals surface area contributed by atoms with E-state index in [4.69, 9.17) is 0 Å². The highest BCUT2D eigenvalue weighted by Gasteiger charge is 2.38. The molecule has 3 nitrogen and oxygen atoms in total. The molecule has 0 bridgehead atoms. The molecule has 0 radical (unpaired) electrons. The lowest BCUT2D eigenvalue weighted by molar-refractivity contribution is -0.0384. The summed E-state index contributed by atoms with van der Waals surface area (Å²) in [5.74, 6) is 0. The lowest BCUT2D eigenvalue weighted by Gasteiger charge is -2.32. The first-order chi connectivity index (χ1) is 9.90. The van der Waals surface area contributed by atoms with Crippen molar-refractivity contribution in [3.8, 4) is 0 Å². The molecule has 0 aromatic heterocycles. The van der Waals surface area contributed by atoms with Gasteiger partial charge in [0.05, 0.1) is 0 Å². The van der Waals surface area contributed by atoms with Crippen molar-refractivity contribution in [1.29, 1.82) is 0 Å². The summed E-state index contributed by atoms with van der Waals surface area (Å²) in [6.07, 6.45) is 1.92. The zero-order valence-electron chi connectivity index (χ0n) is 11.8. The molecule has 1 aliphatic rings. The van der Waals surface area contributed by atoms with Gasteiger partial charge in [-0.3, -0.25) is 0 Å². The monoisotopic (exact) mass is 320 g/mol. The van der Waals surface area contributed by atoms with Gasteiger partial charge in [0.25, 0.3) is 0 Å². The minimum Gasteiger partial charge on any atom is -0.382 e. The van der Waals surface area contributed by atoms with Gasteiger partial charge in [-0.25, -0.2) is 4.21 Å². The zero-order chi connectivity index (χ0) is 15.5. The van der Waals surface area contributed by atoms with Crippen LogP contribution in [-0.2, 0) is 10.8 Å². The molecule has 1 N–H and O–H groups in total. The van der Waals surface area contributed by atoms with Crippen molar-refractivity contribution in [2.45, 2.75) is 36.2 Å². The Hall–Kier alpha value is -1.08. The molecule has 0 saturated carbocycles. The zero-order valence-corrected chi connectivity index (χ0v) is 12.6. The van der Waals surface area contributed by atoms with E-state index in [-0.39, 0.29) is 10.9 Å². The van der Waals surface area contributed by atoms with Gasteiger partial charge in [-0.05, 0) is 37.6 Å². The highest BCUT2D eigenvalue weighted by Crippen LogP contribution is 2.28. The molecule has 2 rings (SSSR count). The van der Waals surface area contributed by atoms with Gasteiger partial charge >= 0.3 is 5.51 Å². The van der Waals surface area contributed by atoms with Gasteiger partial charge in [-0.15, -0.1) is 0 Å². The average Bonchev–Trinajstić information content (AvgIpc) is 2.46. The number of hydrogen-bond acceptors (Lipinski definition) is 3. The Labute approximate surface area is 125 Å². The fourth-order valence-corrected chi connectivity index (χ4v) is 3.17. The van der Waals surface area contributed by atoms with Crippen LogP contribution < -0.4 is 5.32 Å². The first-order valence-electron chi connectivity index (χ1n) is 6.97. The molecule has 1 heterocycles. The van der Waals surface area contributed by atoms with Gasteiger partial charge < -0.3 is 10.2 Å². The highest BCUT2D eigenvalue weighted by molar-refractivity contribution is 7.86. The minimum absolute atomic E-state index is 0.210. The number of nitrogens with zero attached hydrogens (tertiary/aromatic N) is 1. The largest absolute Gasteiger partial charge is 0.475 e. The summed E-state index contributed by atoms with van der Waals surface area (Å²) in [6, 6.07) is 6.04. The second kappa shape index (κ2) is 6.79. The van der Waals surface area contributed by atoms with E-state index >= 15 is 0 Å². The van der Waals surface area contributed by atoms with E-state index < -0.39 is 16.3 Å². The number of alkyl halides is 3. The van der Waals surface area contributed by atoms with Crippen molar-refractivity contribution in [2.75, 3.05) is 25.0 Å². The number of benzene rings is 1. The molecule has 1 aromatic carbocycles. The van der Waals surface area contributed by atoms with Gasteiger partial charge in [0, 0.05) is 29.7 Å². The van der Waals surface area contributed by atoms with E-state index in [0.29, 0.717) is 5.69 Å². The van der Waals surface area contributed by atoms with Gasteiger partial charge in [0.2, 0.25) is 0 Å². The maximum Gasteiger partial charge on any atom is 0.475 e. The van der Waals surface area contributed by atoms with Crippen LogP contribution in [0, 0.1) is 0 Å². The summed E-state index contributed by atoms with van der Waals surface area (Å²) < 4.78 is 48.8. The normalized spacial score (nSPS) is 19.4. The Morgan fingerprint density at radius 2 is 2.00 bits per heavy atom. The molecule has 0 aliphatic carbocycles. The SMILES string of the molecule is CCN1CCC(Nc2cccc(S(=O)C(F)(F)F)c2)CC1. The number of anilines is 1. The molecule has 21 heavy (non-hydrogen) atoms. The maximum atomic E-state index is 12.5. The lowest BCUT2D eigenvalue weighted by atomic mass is 10.0. The van der Waals surface area contributed by atoms with Crippen LogP contribution in [0.1, 0.15) is 19.8 Å². The summed E-state index contributed by atoms with van der Waals surface area (Å²) in [5, 5.41) is 3.24. The number of hydrogen-bond donors (Lipinski definition) is 1. The van der Waals surface area contributed by atoms with Crippen molar-refractivity contribution in [2.24, 2.45) is 0 Å². The Kier molecular flexibility index (Phi) is 5.27. The Balaban J connectivity index is 2.00. The average molecular weight is 320 g/mol. The summed E-state index contributed by atoms with van der Waals surface area (Å²) >= 11 is 0. The van der Waals surface area contributed by atoms with Crippen molar-refractivity contribution >= 4 is 16.5 Å². The molecule has 1 saturated heterocycles. The van der Waals surface area contributed by atoms with E-state index in [1.165, 1.54) is 18.2 Å². The molecule has 1 aliphatic heterocycles. The standard InChI is InChI=1S/C14H19F3N2OS/c1-2-19-8-6-11(7-9-19)18-12-4-3-5-13(10-12)21(20)14(15,16)17/h3-5,10-11,18H,2,6-9H2,1H3. The van der Waals surface area contributed by atoms with Gasteiger partial charge in [0.15, 0.2) is 10.8 Å². The van der Waals surface area contributed by atoms with Gasteiger partial charge in [-0.1, -0.05) is 13.0 Å². The molecular formula is C14H19F3N2OS. The predicted octanol–water partition coefficient (Wildman–Crippen LogP) is 3.21. The van der Waals surface area contributed by atoms with E-state index in [2.05, 4.69) is 17.1 Å². The van der Waals surface area contributed by atoms with Gasteiger partial charge in [0.1, 0.15) is 0 Å². The second-order valence-corrected chi connectivity index (χ2v) is 6.57. The van der Waals surface area contributed by atoms with Crippen LogP contribution in [0.2, 0.25) is 0 Å². The molecule has 1 unspecified atom stereocenters. The van der Waals surface area contributed by atoms with E-state index in [1.54, 1.807) is 6.07 Å². The van der Waals surface area contributed by atoms with Crippen LogP contribution in [0.25, 0.3) is 0 Å². The molecule has 118 valence electrons. The third kappa shape index (κ3) is 4.44. The van der Waals surface area contributed by atoms with Crippen molar-refractivity contribution in [3.63, 3.8) is 0 Å². The predicted molar refractivity (Wildman–Crippen MR) is 77.7 cm³/mol. The summed E-state index contributed by atoms with van der Waals surface area (Å²) in [6.45, 7) is 5.11. The molecule has 0 amide bonds. The number of likely N-dealkylation sites (tertiary alicyclic amines) is 1. The topological polar surface area (TPSA) is 32.3 Å². The summed E-state index contributed by atoms with van der Waals surface area (Å²) in [4.78, 5) is 2.13. The van der Waals surface area contributed by atoms with Crippen LogP contribution in [-0.4, -0.2) is 40.3 Å². The third-order valence-corrected chi connectivity index (χ3v) is 4.77. The molecule has 0 spiro atoms. The quantitative estimate of drug-likeness (QED) is 0.924.